The molecule has 74 valence electrons. The van der Waals surface area contributed by atoms with Gasteiger partial charge in [-0.1, -0.05) is 12.1 Å². The molecule has 1 aromatic heterocycles. The lowest BCUT2D eigenvalue weighted by Gasteiger charge is -2.22. The molecule has 0 saturated heterocycles. The zero-order chi connectivity index (χ0) is 10.2. The first-order valence-electron chi connectivity index (χ1n) is 4.64. The van der Waals surface area contributed by atoms with Crippen LogP contribution < -0.4 is 5.73 Å². The number of aromatic nitrogens is 1. The molecule has 0 aliphatic rings. The number of rotatable bonds is 2. The van der Waals surface area contributed by atoms with Crippen molar-refractivity contribution < 1.29 is 5.11 Å². The van der Waals surface area contributed by atoms with Crippen LogP contribution in [0.25, 0.3) is 10.9 Å². The molecule has 3 heteroatoms. The summed E-state index contributed by atoms with van der Waals surface area (Å²) in [4.78, 5) is 3.10. The third-order valence-electron chi connectivity index (χ3n) is 2.57. The molecule has 2 aromatic rings. The van der Waals surface area contributed by atoms with Crippen molar-refractivity contribution in [1.29, 1.82) is 0 Å². The predicted molar refractivity (Wildman–Crippen MR) is 56.9 cm³/mol. The van der Waals surface area contributed by atoms with Gasteiger partial charge in [-0.3, -0.25) is 0 Å². The Labute approximate surface area is 82.6 Å². The summed E-state index contributed by atoms with van der Waals surface area (Å²) in [5, 5.41) is 11.1. The van der Waals surface area contributed by atoms with E-state index in [0.717, 1.165) is 16.5 Å². The Balaban J connectivity index is 2.67. The van der Waals surface area contributed by atoms with Crippen molar-refractivity contribution in [2.75, 3.05) is 6.54 Å². The lowest BCUT2D eigenvalue weighted by molar-refractivity contribution is 0.0684. The highest BCUT2D eigenvalue weighted by Crippen LogP contribution is 2.27. The highest BCUT2D eigenvalue weighted by molar-refractivity contribution is 5.83. The summed E-state index contributed by atoms with van der Waals surface area (Å²) < 4.78 is 0. The van der Waals surface area contributed by atoms with E-state index < -0.39 is 5.60 Å². The van der Waals surface area contributed by atoms with Gasteiger partial charge in [-0.05, 0) is 24.6 Å². The number of hydrogen-bond acceptors (Lipinski definition) is 2. The second kappa shape index (κ2) is 3.12. The zero-order valence-electron chi connectivity index (χ0n) is 8.12. The SMILES string of the molecule is CC(O)(CN)c1cccc2[nH]ccc12. The summed E-state index contributed by atoms with van der Waals surface area (Å²) in [5.41, 5.74) is 6.48. The standard InChI is InChI=1S/C11H14N2O/c1-11(14,7-12)9-3-2-4-10-8(9)5-6-13-10/h2-6,13-14H,7,12H2,1H3. The minimum atomic E-state index is -0.957. The second-order valence-electron chi connectivity index (χ2n) is 3.72. The maximum Gasteiger partial charge on any atom is 0.0996 e. The summed E-state index contributed by atoms with van der Waals surface area (Å²) in [5.74, 6) is 0. The second-order valence-corrected chi connectivity index (χ2v) is 3.72. The van der Waals surface area contributed by atoms with Gasteiger partial charge in [0, 0.05) is 23.6 Å². The van der Waals surface area contributed by atoms with Crippen LogP contribution in [0.1, 0.15) is 12.5 Å². The van der Waals surface area contributed by atoms with E-state index in [2.05, 4.69) is 4.98 Å². The number of hydrogen-bond donors (Lipinski definition) is 3. The van der Waals surface area contributed by atoms with Gasteiger partial charge in [0.05, 0.1) is 5.60 Å². The number of nitrogens with one attached hydrogen (secondary N) is 1. The Hall–Kier alpha value is -1.32. The molecule has 4 N–H and O–H groups in total. The van der Waals surface area contributed by atoms with Crippen LogP contribution in [0.5, 0.6) is 0 Å². The van der Waals surface area contributed by atoms with Gasteiger partial charge in [0.25, 0.3) is 0 Å². The van der Waals surface area contributed by atoms with Gasteiger partial charge >= 0.3 is 0 Å². The molecule has 0 spiro atoms. The topological polar surface area (TPSA) is 62.0 Å². The van der Waals surface area contributed by atoms with E-state index in [4.69, 9.17) is 5.73 Å². The number of fused-ring (bicyclic) bond motifs is 1. The fourth-order valence-electron chi connectivity index (χ4n) is 1.67. The summed E-state index contributed by atoms with van der Waals surface area (Å²) in [6.45, 7) is 1.95. The maximum absolute atomic E-state index is 10.1. The normalized spacial score (nSPS) is 15.6. The highest BCUT2D eigenvalue weighted by Gasteiger charge is 2.23. The average molecular weight is 190 g/mol. The van der Waals surface area contributed by atoms with E-state index in [1.54, 1.807) is 6.92 Å². The lowest BCUT2D eigenvalue weighted by Crippen LogP contribution is -2.31. The fraction of sp³-hybridized carbons (Fsp3) is 0.273. The quantitative estimate of drug-likeness (QED) is 0.669. The molecule has 2 rings (SSSR count). The van der Waals surface area contributed by atoms with Crippen molar-refractivity contribution in [2.24, 2.45) is 5.73 Å². The van der Waals surface area contributed by atoms with Gasteiger partial charge in [0.1, 0.15) is 0 Å². The summed E-state index contributed by atoms with van der Waals surface area (Å²) >= 11 is 0. The van der Waals surface area contributed by atoms with Crippen molar-refractivity contribution in [3.05, 3.63) is 36.0 Å². The lowest BCUT2D eigenvalue weighted by atomic mass is 9.93. The van der Waals surface area contributed by atoms with Gasteiger partial charge in [0.15, 0.2) is 0 Å². The molecule has 1 atom stereocenters. The van der Waals surface area contributed by atoms with E-state index in [9.17, 15) is 5.11 Å². The molecule has 14 heavy (non-hydrogen) atoms. The summed E-state index contributed by atoms with van der Waals surface area (Å²) in [6.07, 6.45) is 1.86. The molecule has 3 nitrogen and oxygen atoms in total. The summed E-state index contributed by atoms with van der Waals surface area (Å²) in [7, 11) is 0. The van der Waals surface area contributed by atoms with Crippen LogP contribution in [0.4, 0.5) is 0 Å². The Bertz CT molecular complexity index is 445. The molecule has 0 fully saturated rings. The molecule has 0 radical (unpaired) electrons. The van der Waals surface area contributed by atoms with Gasteiger partial charge in [-0.2, -0.15) is 0 Å². The van der Waals surface area contributed by atoms with Crippen LogP contribution in [0.15, 0.2) is 30.5 Å². The number of aliphatic hydroxyl groups is 1. The fourth-order valence-corrected chi connectivity index (χ4v) is 1.67. The molecule has 0 bridgehead atoms. The van der Waals surface area contributed by atoms with Crippen LogP contribution in [-0.4, -0.2) is 16.6 Å². The van der Waals surface area contributed by atoms with Crippen LogP contribution >= 0.6 is 0 Å². The molecule has 1 heterocycles. The smallest absolute Gasteiger partial charge is 0.0996 e. The van der Waals surface area contributed by atoms with Crippen LogP contribution in [0.3, 0.4) is 0 Å². The predicted octanol–water partition coefficient (Wildman–Crippen LogP) is 1.33. The van der Waals surface area contributed by atoms with Crippen molar-refractivity contribution in [2.45, 2.75) is 12.5 Å². The highest BCUT2D eigenvalue weighted by atomic mass is 16.3. The Morgan fingerprint density at radius 2 is 2.21 bits per heavy atom. The third-order valence-corrected chi connectivity index (χ3v) is 2.57. The zero-order valence-corrected chi connectivity index (χ0v) is 8.12. The van der Waals surface area contributed by atoms with Crippen LogP contribution in [0, 0.1) is 0 Å². The van der Waals surface area contributed by atoms with Gasteiger partial charge < -0.3 is 15.8 Å². The Morgan fingerprint density at radius 1 is 1.43 bits per heavy atom. The molecule has 0 aliphatic heterocycles. The van der Waals surface area contributed by atoms with E-state index in [0.29, 0.717) is 0 Å². The van der Waals surface area contributed by atoms with Crippen molar-refractivity contribution in [3.8, 4) is 0 Å². The van der Waals surface area contributed by atoms with Crippen molar-refractivity contribution in [3.63, 3.8) is 0 Å². The number of nitrogens with two attached hydrogens (primary N) is 1. The first-order valence-corrected chi connectivity index (χ1v) is 4.64. The van der Waals surface area contributed by atoms with Crippen molar-refractivity contribution in [1.82, 2.24) is 4.98 Å². The molecule has 1 unspecified atom stereocenters. The Morgan fingerprint density at radius 3 is 2.93 bits per heavy atom. The minimum Gasteiger partial charge on any atom is -0.384 e. The molecule has 0 amide bonds. The number of benzene rings is 1. The monoisotopic (exact) mass is 190 g/mol. The molecular formula is C11H14N2O. The van der Waals surface area contributed by atoms with Gasteiger partial charge in [-0.25, -0.2) is 0 Å². The number of H-pyrrole nitrogens is 1. The average Bonchev–Trinajstić information content (AvgIpc) is 2.64. The van der Waals surface area contributed by atoms with E-state index in [-0.39, 0.29) is 6.54 Å². The number of aromatic amines is 1. The largest absolute Gasteiger partial charge is 0.384 e. The van der Waals surface area contributed by atoms with E-state index in [1.165, 1.54) is 0 Å². The van der Waals surface area contributed by atoms with Crippen LogP contribution in [0.2, 0.25) is 0 Å². The minimum absolute atomic E-state index is 0.220. The molecule has 0 saturated carbocycles. The van der Waals surface area contributed by atoms with Gasteiger partial charge in [-0.15, -0.1) is 0 Å². The van der Waals surface area contributed by atoms with Crippen LogP contribution in [-0.2, 0) is 5.60 Å². The van der Waals surface area contributed by atoms with Gasteiger partial charge in [0.2, 0.25) is 0 Å². The van der Waals surface area contributed by atoms with Crippen molar-refractivity contribution >= 4 is 10.9 Å². The van der Waals surface area contributed by atoms with E-state index >= 15 is 0 Å². The third kappa shape index (κ3) is 1.31. The molecule has 1 aromatic carbocycles. The molecule has 0 aliphatic carbocycles. The van der Waals surface area contributed by atoms with E-state index in [1.807, 2.05) is 30.5 Å². The maximum atomic E-state index is 10.1. The first kappa shape index (κ1) is 9.24. The summed E-state index contributed by atoms with van der Waals surface area (Å²) in [6, 6.07) is 7.75. The first-order chi connectivity index (χ1) is 6.65. The Kier molecular flexibility index (Phi) is 2.06. The molecular weight excluding hydrogens is 176 g/mol.